The van der Waals surface area contributed by atoms with Crippen molar-refractivity contribution in [1.29, 1.82) is 0 Å². The van der Waals surface area contributed by atoms with E-state index in [0.29, 0.717) is 0 Å². The van der Waals surface area contributed by atoms with Gasteiger partial charge in [0, 0.05) is 0 Å². The summed E-state index contributed by atoms with van der Waals surface area (Å²) in [7, 11) is 0. The van der Waals surface area contributed by atoms with Crippen LogP contribution in [-0.2, 0) is 26.2 Å². The van der Waals surface area contributed by atoms with Gasteiger partial charge in [0.1, 0.15) is 0 Å². The second-order valence-corrected chi connectivity index (χ2v) is 3.24. The number of hydrogen-bond donors (Lipinski definition) is 1. The van der Waals surface area contributed by atoms with Gasteiger partial charge in [0.25, 0.3) is 0 Å². The third-order valence-electron chi connectivity index (χ3n) is 0. The Kier molecular flexibility index (Phi) is 83.3. The molecule has 0 aromatic rings. The molecule has 11 N–H and O–H groups in total. The molecule has 0 spiro atoms. The van der Waals surface area contributed by atoms with Crippen LogP contribution in [0.3, 0.4) is 0 Å². The van der Waals surface area contributed by atoms with Crippen LogP contribution in [0.2, 0.25) is 0 Å². The standard InChI is InChI=1S/6H2O.3O.Re/h6*1H2;;;;/q;;;;;;;;;+1/p-1. The molecule has 9 nitrogen and oxygen atoms in total. The van der Waals surface area contributed by atoms with E-state index >= 15 is 0 Å². The van der Waals surface area contributed by atoms with E-state index in [1.165, 1.54) is 0 Å². The van der Waals surface area contributed by atoms with E-state index in [-0.39, 0.29) is 27.4 Å². The molecule has 0 fully saturated rings. The molecule has 0 heterocycles. The Morgan fingerprint density at radius 2 is 0.700 bits per heavy atom. The Labute approximate surface area is 58.2 Å². The van der Waals surface area contributed by atoms with Crippen molar-refractivity contribution in [2.45, 2.75) is 0 Å². The maximum atomic E-state index is 8.75. The average molecular weight is 341 g/mol. The van der Waals surface area contributed by atoms with Crippen LogP contribution in [0.1, 0.15) is 0 Å². The summed E-state index contributed by atoms with van der Waals surface area (Å²) in [6.45, 7) is 0. The Bertz CT molecular complexity index is 126. The minimum absolute atomic E-state index is 0. The second-order valence-electron chi connectivity index (χ2n) is 0.396. The molecular formula is H11O9Re. The Hall–Kier alpha value is -0.178. The van der Waals surface area contributed by atoms with Crippen LogP contribution in [0.25, 0.3) is 0 Å². The van der Waals surface area contributed by atoms with Gasteiger partial charge in [0.15, 0.2) is 0 Å². The van der Waals surface area contributed by atoms with Crippen LogP contribution in [-0.4, -0.2) is 31.2 Å². The molecule has 0 saturated carbocycles. The molecular weight excluding hydrogens is 330 g/mol. The number of hydrogen-bond acceptors (Lipinski definition) is 3. The van der Waals surface area contributed by atoms with Crippen LogP contribution in [0, 0.1) is 0 Å². The molecule has 0 aliphatic rings. The van der Waals surface area contributed by atoms with Gasteiger partial charge in [-0.1, -0.05) is 0 Å². The van der Waals surface area contributed by atoms with Crippen molar-refractivity contribution >= 4 is 0 Å². The van der Waals surface area contributed by atoms with E-state index in [4.69, 9.17) is 14.2 Å². The van der Waals surface area contributed by atoms with Gasteiger partial charge in [-0.25, -0.2) is 0 Å². The molecule has 0 atom stereocenters. The number of rotatable bonds is 0. The Balaban J connectivity index is -0.00000000800. The molecule has 0 amide bonds. The molecule has 10 heavy (non-hydrogen) atoms. The van der Waals surface area contributed by atoms with E-state index in [9.17, 15) is 0 Å². The van der Waals surface area contributed by atoms with E-state index in [2.05, 4.69) is 0 Å². The summed E-state index contributed by atoms with van der Waals surface area (Å²) >= 11 is -5.86. The molecule has 0 saturated heterocycles. The molecule has 0 aliphatic carbocycles. The topological polar surface area (TPSA) is 229 Å². The first kappa shape index (κ1) is 52.3. The van der Waals surface area contributed by atoms with Gasteiger partial charge in [-0.05, 0) is 0 Å². The summed E-state index contributed by atoms with van der Waals surface area (Å²) in [5.41, 5.74) is 0. The molecule has 0 rings (SSSR count). The van der Waals surface area contributed by atoms with E-state index in [1.807, 2.05) is 0 Å². The van der Waals surface area contributed by atoms with Gasteiger partial charge in [-0.3, -0.25) is 0 Å². The van der Waals surface area contributed by atoms with Crippen molar-refractivity contribution in [3.8, 4) is 0 Å². The van der Waals surface area contributed by atoms with Crippen LogP contribution in [0.15, 0.2) is 0 Å². The molecule has 10 heteroatoms. The summed E-state index contributed by atoms with van der Waals surface area (Å²) in [6.07, 6.45) is 0. The van der Waals surface area contributed by atoms with Crippen molar-refractivity contribution < 1.29 is 57.4 Å². The van der Waals surface area contributed by atoms with Crippen LogP contribution in [0.5, 0.6) is 0 Å². The zero-order valence-electron chi connectivity index (χ0n) is 4.55. The van der Waals surface area contributed by atoms with Crippen molar-refractivity contribution in [2.24, 2.45) is 0 Å². The van der Waals surface area contributed by atoms with Gasteiger partial charge in [0.2, 0.25) is 0 Å². The van der Waals surface area contributed by atoms with Crippen molar-refractivity contribution in [1.82, 2.24) is 0 Å². The monoisotopic (exact) mass is 342 g/mol. The zero-order chi connectivity index (χ0) is 4.50. The molecule has 0 aromatic carbocycles. The van der Waals surface area contributed by atoms with Crippen LogP contribution in [0.4, 0.5) is 0 Å². The molecule has 0 bridgehead atoms. The van der Waals surface area contributed by atoms with E-state index in [0.717, 1.165) is 0 Å². The van der Waals surface area contributed by atoms with Crippen molar-refractivity contribution in [2.75, 3.05) is 0 Å². The summed E-state index contributed by atoms with van der Waals surface area (Å²) in [5.74, 6) is 0. The van der Waals surface area contributed by atoms with Crippen LogP contribution >= 0.6 is 0 Å². The first-order chi connectivity index (χ1) is 2.00. The fourth-order valence-electron chi connectivity index (χ4n) is 0. The summed E-state index contributed by atoms with van der Waals surface area (Å²) < 4.78 is 33.3. The van der Waals surface area contributed by atoms with Gasteiger partial charge >= 0.3 is 30.0 Å². The average Bonchev–Trinajstić information content (AvgIpc) is 0.722. The fraction of sp³-hybridized carbons (Fsp3) is 0. The summed E-state index contributed by atoms with van der Waals surface area (Å²) in [4.78, 5) is 0. The molecule has 0 aromatic heterocycles. The SMILES string of the molecule is O.O.O.O.O.[O]=[Re](=[O])(=[O])[OH]. The first-order valence-electron chi connectivity index (χ1n) is 0.632. The first-order valence-corrected chi connectivity index (χ1v) is 5.17. The van der Waals surface area contributed by atoms with Gasteiger partial charge in [0.05, 0.1) is 0 Å². The fourth-order valence-corrected chi connectivity index (χ4v) is 0. The van der Waals surface area contributed by atoms with Gasteiger partial charge in [-0.15, -0.1) is 0 Å². The van der Waals surface area contributed by atoms with E-state index < -0.39 is 15.8 Å². The van der Waals surface area contributed by atoms with Gasteiger partial charge < -0.3 is 27.4 Å². The summed E-state index contributed by atoms with van der Waals surface area (Å²) in [5, 5.41) is 0. The van der Waals surface area contributed by atoms with Gasteiger partial charge in [-0.2, -0.15) is 0 Å². The third-order valence-corrected chi connectivity index (χ3v) is 0. The quantitative estimate of drug-likeness (QED) is 0.455. The minimum atomic E-state index is -5.86. The maximum absolute atomic E-state index is 8.75. The second kappa shape index (κ2) is 15.9. The molecule has 72 valence electrons. The van der Waals surface area contributed by atoms with Crippen LogP contribution < -0.4 is 0 Å². The Morgan fingerprint density at radius 3 is 0.700 bits per heavy atom. The predicted molar refractivity (Wildman–Crippen MR) is 22.3 cm³/mol. The molecule has 0 radical (unpaired) electrons. The molecule has 0 aliphatic heterocycles. The summed E-state index contributed by atoms with van der Waals surface area (Å²) in [6, 6.07) is 0. The van der Waals surface area contributed by atoms with Crippen molar-refractivity contribution in [3.05, 3.63) is 0 Å². The zero-order valence-corrected chi connectivity index (χ0v) is 7.27. The molecule has 0 unspecified atom stereocenters. The normalized spacial score (nSPS) is 5.70. The van der Waals surface area contributed by atoms with Crippen molar-refractivity contribution in [3.63, 3.8) is 0 Å². The Morgan fingerprint density at radius 1 is 0.700 bits per heavy atom. The third kappa shape index (κ3) is 11500. The predicted octanol–water partition coefficient (Wildman–Crippen LogP) is -5.04. The van der Waals surface area contributed by atoms with E-state index in [1.54, 1.807) is 0 Å².